The average molecular weight is 447 g/mol. The molecule has 2 heterocycles. The van der Waals surface area contributed by atoms with Gasteiger partial charge in [0.15, 0.2) is 0 Å². The lowest BCUT2D eigenvalue weighted by atomic mass is 10.2. The zero-order chi connectivity index (χ0) is 22.9. The summed E-state index contributed by atoms with van der Waals surface area (Å²) >= 11 is 5.42. The van der Waals surface area contributed by atoms with Crippen LogP contribution in [0.5, 0.6) is 0 Å². The highest BCUT2D eigenvalue weighted by Gasteiger charge is 2.38. The summed E-state index contributed by atoms with van der Waals surface area (Å²) in [5, 5.41) is 10.2. The van der Waals surface area contributed by atoms with Gasteiger partial charge in [-0.1, -0.05) is 0 Å². The van der Waals surface area contributed by atoms with E-state index in [0.717, 1.165) is 19.3 Å². The van der Waals surface area contributed by atoms with Crippen LogP contribution in [0.2, 0.25) is 0 Å². The van der Waals surface area contributed by atoms with Crippen molar-refractivity contribution in [3.8, 4) is 0 Å². The first-order valence-electron chi connectivity index (χ1n) is 8.74. The molecule has 168 valence electrons. The van der Waals surface area contributed by atoms with Crippen molar-refractivity contribution in [3.63, 3.8) is 0 Å². The standard InChI is InChI=1S/C8H13ClN2O2.C6H12N2O.C2HF3O2/c1-5-2-3-6(8(10)13)11(5)7(12)4-9;1-4-2-3-5(8-4)6(7)9;3-2(4,5)1(6)7/h5-6H,2-4H2,1H3,(H2,10,13);4-5,8H,2-3H2,1H3,(H2,7,9);(H,6,7)/t5-,6-;4-,5-;/m00./s1. The van der Waals surface area contributed by atoms with Gasteiger partial charge >= 0.3 is 12.1 Å². The third-order valence-electron chi connectivity index (χ3n) is 4.36. The number of halogens is 4. The number of nitrogens with one attached hydrogen (secondary N) is 1. The molecule has 0 saturated carbocycles. The van der Waals surface area contributed by atoms with E-state index in [0.29, 0.717) is 12.5 Å². The molecule has 0 aromatic carbocycles. The smallest absolute Gasteiger partial charge is 0.475 e. The summed E-state index contributed by atoms with van der Waals surface area (Å²) in [6.07, 6.45) is -1.65. The molecule has 2 rings (SSSR count). The molecule has 0 aromatic heterocycles. The van der Waals surface area contributed by atoms with Crippen LogP contribution in [-0.2, 0) is 19.2 Å². The Labute approximate surface area is 170 Å². The van der Waals surface area contributed by atoms with E-state index in [2.05, 4.69) is 12.2 Å². The minimum atomic E-state index is -5.08. The van der Waals surface area contributed by atoms with Gasteiger partial charge in [-0.25, -0.2) is 4.79 Å². The molecule has 4 atom stereocenters. The van der Waals surface area contributed by atoms with Gasteiger partial charge in [-0.2, -0.15) is 13.2 Å². The number of carboxylic acid groups (broad SMARTS) is 1. The zero-order valence-electron chi connectivity index (χ0n) is 16.0. The van der Waals surface area contributed by atoms with Gasteiger partial charge in [0.25, 0.3) is 0 Å². The molecule has 0 aliphatic carbocycles. The molecule has 6 N–H and O–H groups in total. The Kier molecular flexibility index (Phi) is 11.0. The topological polar surface area (TPSA) is 156 Å². The monoisotopic (exact) mass is 446 g/mol. The molecule has 0 radical (unpaired) electrons. The van der Waals surface area contributed by atoms with E-state index in [1.807, 2.05) is 6.92 Å². The molecular weight excluding hydrogens is 421 g/mol. The molecule has 2 aliphatic rings. The summed E-state index contributed by atoms with van der Waals surface area (Å²) < 4.78 is 31.7. The lowest BCUT2D eigenvalue weighted by Gasteiger charge is -2.25. The summed E-state index contributed by atoms with van der Waals surface area (Å²) in [4.78, 5) is 43.2. The molecule has 0 unspecified atom stereocenters. The van der Waals surface area contributed by atoms with Crippen molar-refractivity contribution < 1.29 is 37.5 Å². The van der Waals surface area contributed by atoms with Crippen LogP contribution in [0, 0.1) is 0 Å². The summed E-state index contributed by atoms with van der Waals surface area (Å²) in [5.74, 6) is -3.72. The van der Waals surface area contributed by atoms with Crippen LogP contribution in [0.4, 0.5) is 13.2 Å². The number of carbonyl (C=O) groups is 4. The van der Waals surface area contributed by atoms with E-state index >= 15 is 0 Å². The van der Waals surface area contributed by atoms with Crippen LogP contribution in [0.1, 0.15) is 39.5 Å². The first kappa shape index (κ1) is 26.9. The zero-order valence-corrected chi connectivity index (χ0v) is 16.8. The second-order valence-electron chi connectivity index (χ2n) is 6.68. The number of carbonyl (C=O) groups excluding carboxylic acids is 3. The first-order valence-corrected chi connectivity index (χ1v) is 9.27. The van der Waals surface area contributed by atoms with Gasteiger partial charge in [-0.15, -0.1) is 11.6 Å². The van der Waals surface area contributed by atoms with E-state index in [-0.39, 0.29) is 29.8 Å². The van der Waals surface area contributed by atoms with Crippen molar-refractivity contribution in [2.45, 2.75) is 69.9 Å². The minimum absolute atomic E-state index is 0.0694. The molecule has 0 spiro atoms. The number of hydrogen-bond acceptors (Lipinski definition) is 5. The molecule has 3 amide bonds. The maximum absolute atomic E-state index is 11.3. The molecule has 13 heteroatoms. The number of rotatable bonds is 3. The molecule has 0 bridgehead atoms. The fourth-order valence-electron chi connectivity index (χ4n) is 2.90. The Morgan fingerprint density at radius 1 is 1.07 bits per heavy atom. The number of carboxylic acids is 1. The van der Waals surface area contributed by atoms with E-state index in [9.17, 15) is 27.6 Å². The summed E-state index contributed by atoms with van der Waals surface area (Å²) in [5.41, 5.74) is 10.2. The van der Waals surface area contributed by atoms with Crippen LogP contribution in [0.15, 0.2) is 0 Å². The number of nitrogens with zero attached hydrogens (tertiary/aromatic N) is 1. The van der Waals surface area contributed by atoms with E-state index in [1.165, 1.54) is 4.90 Å². The number of likely N-dealkylation sites (tertiary alicyclic amines) is 1. The van der Waals surface area contributed by atoms with Gasteiger partial charge in [0.1, 0.15) is 11.9 Å². The largest absolute Gasteiger partial charge is 0.490 e. The molecule has 29 heavy (non-hydrogen) atoms. The predicted octanol–water partition coefficient (Wildman–Crippen LogP) is 0.336. The summed E-state index contributed by atoms with van der Waals surface area (Å²) in [6, 6.07) is 0.00694. The third-order valence-corrected chi connectivity index (χ3v) is 4.59. The van der Waals surface area contributed by atoms with Crippen molar-refractivity contribution >= 4 is 35.3 Å². The van der Waals surface area contributed by atoms with Gasteiger partial charge in [-0.05, 0) is 39.5 Å². The van der Waals surface area contributed by atoms with Crippen LogP contribution < -0.4 is 16.8 Å². The second kappa shape index (κ2) is 11.8. The fourth-order valence-corrected chi connectivity index (χ4v) is 3.04. The number of amides is 3. The molecule has 2 aliphatic heterocycles. The number of aliphatic carboxylic acids is 1. The van der Waals surface area contributed by atoms with Crippen LogP contribution in [0.3, 0.4) is 0 Å². The lowest BCUT2D eigenvalue weighted by molar-refractivity contribution is -0.192. The number of primary amides is 2. The van der Waals surface area contributed by atoms with E-state index in [1.54, 1.807) is 0 Å². The minimum Gasteiger partial charge on any atom is -0.475 e. The Bertz CT molecular complexity index is 606. The van der Waals surface area contributed by atoms with Crippen LogP contribution >= 0.6 is 11.6 Å². The summed E-state index contributed by atoms with van der Waals surface area (Å²) in [7, 11) is 0. The highest BCUT2D eigenvalue weighted by Crippen LogP contribution is 2.23. The Morgan fingerprint density at radius 2 is 1.59 bits per heavy atom. The Hall–Kier alpha value is -2.08. The molecule has 0 aromatic rings. The average Bonchev–Trinajstić information content (AvgIpc) is 3.20. The second-order valence-corrected chi connectivity index (χ2v) is 6.95. The molecule has 2 fully saturated rings. The highest BCUT2D eigenvalue weighted by molar-refractivity contribution is 6.27. The van der Waals surface area contributed by atoms with Crippen molar-refractivity contribution in [2.24, 2.45) is 11.5 Å². The fraction of sp³-hybridized carbons (Fsp3) is 0.750. The van der Waals surface area contributed by atoms with Gasteiger partial charge in [0, 0.05) is 12.1 Å². The molecule has 2 saturated heterocycles. The SMILES string of the molecule is C[C@H]1CC[C@@H](C(N)=O)N1.C[C@H]1CC[C@@H](C(N)=O)N1C(=O)CCl.O=C(O)C(F)(F)F. The van der Waals surface area contributed by atoms with Gasteiger partial charge in [0.05, 0.1) is 6.04 Å². The van der Waals surface area contributed by atoms with Crippen LogP contribution in [-0.4, -0.2) is 69.9 Å². The van der Waals surface area contributed by atoms with Gasteiger partial charge in [0.2, 0.25) is 17.7 Å². The molecule has 9 nitrogen and oxygen atoms in total. The Balaban J connectivity index is 0.000000430. The van der Waals surface area contributed by atoms with Crippen LogP contribution in [0.25, 0.3) is 0 Å². The highest BCUT2D eigenvalue weighted by atomic mass is 35.5. The Morgan fingerprint density at radius 3 is 1.86 bits per heavy atom. The van der Waals surface area contributed by atoms with Crippen molar-refractivity contribution in [3.05, 3.63) is 0 Å². The maximum atomic E-state index is 11.3. The van der Waals surface area contributed by atoms with E-state index < -0.39 is 24.1 Å². The number of nitrogens with two attached hydrogens (primary N) is 2. The van der Waals surface area contributed by atoms with E-state index in [4.69, 9.17) is 33.0 Å². The van der Waals surface area contributed by atoms with Gasteiger partial charge < -0.3 is 26.8 Å². The summed E-state index contributed by atoms with van der Waals surface area (Å²) in [6.45, 7) is 3.95. The predicted molar refractivity (Wildman–Crippen MR) is 97.7 cm³/mol. The van der Waals surface area contributed by atoms with Crippen molar-refractivity contribution in [1.82, 2.24) is 10.2 Å². The number of hydrogen-bond donors (Lipinski definition) is 4. The maximum Gasteiger partial charge on any atom is 0.490 e. The first-order chi connectivity index (χ1) is 13.2. The normalized spacial score (nSPS) is 25.9. The molecular formula is C16H26ClF3N4O5. The van der Waals surface area contributed by atoms with Crippen molar-refractivity contribution in [1.29, 1.82) is 0 Å². The third kappa shape index (κ3) is 9.31. The number of alkyl halides is 4. The van der Waals surface area contributed by atoms with Crippen molar-refractivity contribution in [2.75, 3.05) is 5.88 Å². The van der Waals surface area contributed by atoms with Gasteiger partial charge in [-0.3, -0.25) is 14.4 Å². The lowest BCUT2D eigenvalue weighted by Crippen LogP contribution is -2.47. The quantitative estimate of drug-likeness (QED) is 0.458.